The lowest BCUT2D eigenvalue weighted by Gasteiger charge is -2.19. The monoisotopic (exact) mass is 215 g/mol. The number of halogens is 1. The molecule has 0 N–H and O–H groups in total. The first kappa shape index (κ1) is 8.85. The SMILES string of the molecule is Cn1cc(Br)cc1C(C)(C)C. The van der Waals surface area contributed by atoms with Crippen LogP contribution in [0.2, 0.25) is 0 Å². The second-order valence-electron chi connectivity index (χ2n) is 3.90. The van der Waals surface area contributed by atoms with Crippen molar-refractivity contribution >= 4 is 15.9 Å². The summed E-state index contributed by atoms with van der Waals surface area (Å²) in [6.07, 6.45) is 2.08. The van der Waals surface area contributed by atoms with E-state index in [0.29, 0.717) is 0 Å². The topological polar surface area (TPSA) is 4.93 Å². The zero-order valence-electron chi connectivity index (χ0n) is 7.48. The minimum atomic E-state index is 0.237. The number of hydrogen-bond acceptors (Lipinski definition) is 0. The highest BCUT2D eigenvalue weighted by Crippen LogP contribution is 2.25. The molecule has 1 heterocycles. The van der Waals surface area contributed by atoms with E-state index >= 15 is 0 Å². The second-order valence-corrected chi connectivity index (χ2v) is 4.82. The number of rotatable bonds is 0. The lowest BCUT2D eigenvalue weighted by Crippen LogP contribution is -2.15. The number of nitrogens with zero attached hydrogens (tertiary/aromatic N) is 1. The lowest BCUT2D eigenvalue weighted by molar-refractivity contribution is 0.543. The first-order chi connectivity index (χ1) is 4.91. The van der Waals surface area contributed by atoms with E-state index < -0.39 is 0 Å². The highest BCUT2D eigenvalue weighted by Gasteiger charge is 2.17. The van der Waals surface area contributed by atoms with Crippen molar-refractivity contribution in [2.75, 3.05) is 0 Å². The minimum absolute atomic E-state index is 0.237. The van der Waals surface area contributed by atoms with Gasteiger partial charge in [-0.05, 0) is 22.0 Å². The molecule has 0 radical (unpaired) electrons. The summed E-state index contributed by atoms with van der Waals surface area (Å²) in [7, 11) is 2.07. The van der Waals surface area contributed by atoms with Crippen LogP contribution in [0.15, 0.2) is 16.7 Å². The van der Waals surface area contributed by atoms with Crippen molar-refractivity contribution in [2.45, 2.75) is 26.2 Å². The fourth-order valence-electron chi connectivity index (χ4n) is 1.27. The molecule has 2 heteroatoms. The van der Waals surface area contributed by atoms with Crippen molar-refractivity contribution in [2.24, 2.45) is 7.05 Å². The summed E-state index contributed by atoms with van der Waals surface area (Å²) < 4.78 is 3.31. The van der Waals surface area contributed by atoms with Gasteiger partial charge in [-0.25, -0.2) is 0 Å². The molecule has 0 aliphatic heterocycles. The van der Waals surface area contributed by atoms with Crippen LogP contribution in [0.25, 0.3) is 0 Å². The predicted molar refractivity (Wildman–Crippen MR) is 51.8 cm³/mol. The van der Waals surface area contributed by atoms with Crippen molar-refractivity contribution < 1.29 is 0 Å². The zero-order chi connectivity index (χ0) is 8.65. The molecular formula is C9H14BrN. The van der Waals surface area contributed by atoms with Crippen LogP contribution < -0.4 is 0 Å². The van der Waals surface area contributed by atoms with E-state index in [9.17, 15) is 0 Å². The molecule has 62 valence electrons. The van der Waals surface area contributed by atoms with Gasteiger partial charge in [0.1, 0.15) is 0 Å². The molecule has 1 nitrogen and oxygen atoms in total. The van der Waals surface area contributed by atoms with Crippen LogP contribution in [0.3, 0.4) is 0 Å². The molecule has 0 fully saturated rings. The Morgan fingerprint density at radius 3 is 2.09 bits per heavy atom. The largest absolute Gasteiger partial charge is 0.353 e. The van der Waals surface area contributed by atoms with Gasteiger partial charge in [-0.3, -0.25) is 0 Å². The van der Waals surface area contributed by atoms with Gasteiger partial charge in [-0.15, -0.1) is 0 Å². The molecule has 1 aromatic heterocycles. The average molecular weight is 216 g/mol. The summed E-state index contributed by atoms with van der Waals surface area (Å²) in [6, 6.07) is 2.17. The maximum atomic E-state index is 3.45. The molecule has 1 rings (SSSR count). The van der Waals surface area contributed by atoms with Gasteiger partial charge in [-0.2, -0.15) is 0 Å². The predicted octanol–water partition coefficient (Wildman–Crippen LogP) is 3.09. The summed E-state index contributed by atoms with van der Waals surface area (Å²) in [5, 5.41) is 0. The maximum absolute atomic E-state index is 3.45. The van der Waals surface area contributed by atoms with Gasteiger partial charge in [0.15, 0.2) is 0 Å². The molecule has 0 aliphatic carbocycles. The Bertz CT molecular complexity index is 255. The Morgan fingerprint density at radius 1 is 1.36 bits per heavy atom. The Morgan fingerprint density at radius 2 is 1.91 bits per heavy atom. The Hall–Kier alpha value is -0.240. The van der Waals surface area contributed by atoms with Gasteiger partial charge in [0.2, 0.25) is 0 Å². The summed E-state index contributed by atoms with van der Waals surface area (Å²) in [5.74, 6) is 0. The molecule has 0 aliphatic rings. The maximum Gasteiger partial charge on any atom is 0.0354 e. The summed E-state index contributed by atoms with van der Waals surface area (Å²) in [5.41, 5.74) is 1.59. The second kappa shape index (κ2) is 2.67. The normalized spacial score (nSPS) is 12.1. The van der Waals surface area contributed by atoms with Crippen LogP contribution >= 0.6 is 15.9 Å². The third-order valence-electron chi connectivity index (χ3n) is 1.74. The number of aromatic nitrogens is 1. The third kappa shape index (κ3) is 1.86. The van der Waals surface area contributed by atoms with Gasteiger partial charge in [-0.1, -0.05) is 20.8 Å². The van der Waals surface area contributed by atoms with Crippen molar-refractivity contribution in [1.29, 1.82) is 0 Å². The molecule has 0 saturated heterocycles. The molecule has 0 saturated carbocycles. The van der Waals surface area contributed by atoms with Crippen LogP contribution in [0.5, 0.6) is 0 Å². The first-order valence-corrected chi connectivity index (χ1v) is 4.53. The molecule has 0 spiro atoms. The number of hydrogen-bond donors (Lipinski definition) is 0. The molecule has 0 aromatic carbocycles. The molecular weight excluding hydrogens is 202 g/mol. The van der Waals surface area contributed by atoms with E-state index in [-0.39, 0.29) is 5.41 Å². The highest BCUT2D eigenvalue weighted by molar-refractivity contribution is 9.10. The van der Waals surface area contributed by atoms with Crippen molar-refractivity contribution in [3.63, 3.8) is 0 Å². The average Bonchev–Trinajstić information content (AvgIpc) is 2.08. The lowest BCUT2D eigenvalue weighted by atomic mass is 9.92. The quantitative estimate of drug-likeness (QED) is 0.628. The van der Waals surface area contributed by atoms with E-state index in [2.05, 4.69) is 60.6 Å². The fraction of sp³-hybridized carbons (Fsp3) is 0.556. The summed E-state index contributed by atoms with van der Waals surface area (Å²) in [4.78, 5) is 0. The van der Waals surface area contributed by atoms with Gasteiger partial charge >= 0.3 is 0 Å². The zero-order valence-corrected chi connectivity index (χ0v) is 9.07. The van der Waals surface area contributed by atoms with Gasteiger partial charge in [0, 0.05) is 28.8 Å². The molecule has 0 amide bonds. The summed E-state index contributed by atoms with van der Waals surface area (Å²) in [6.45, 7) is 6.65. The van der Waals surface area contributed by atoms with Crippen molar-refractivity contribution in [1.82, 2.24) is 4.57 Å². The van der Waals surface area contributed by atoms with Crippen molar-refractivity contribution in [3.8, 4) is 0 Å². The van der Waals surface area contributed by atoms with E-state index in [0.717, 1.165) is 4.47 Å². The smallest absolute Gasteiger partial charge is 0.0354 e. The molecule has 0 unspecified atom stereocenters. The van der Waals surface area contributed by atoms with Crippen LogP contribution in [-0.4, -0.2) is 4.57 Å². The van der Waals surface area contributed by atoms with E-state index in [1.165, 1.54) is 5.69 Å². The van der Waals surface area contributed by atoms with Crippen LogP contribution in [-0.2, 0) is 12.5 Å². The Labute approximate surface area is 76.5 Å². The first-order valence-electron chi connectivity index (χ1n) is 3.73. The van der Waals surface area contributed by atoms with Gasteiger partial charge < -0.3 is 4.57 Å². The molecule has 1 aromatic rings. The van der Waals surface area contributed by atoms with Gasteiger partial charge in [0.05, 0.1) is 0 Å². The number of aryl methyl sites for hydroxylation is 1. The standard InChI is InChI=1S/C9H14BrN/c1-9(2,3)8-5-7(10)6-11(8)4/h5-6H,1-4H3. The third-order valence-corrected chi connectivity index (χ3v) is 2.17. The van der Waals surface area contributed by atoms with E-state index in [4.69, 9.17) is 0 Å². The van der Waals surface area contributed by atoms with Crippen LogP contribution in [0.4, 0.5) is 0 Å². The molecule has 0 bridgehead atoms. The fourth-order valence-corrected chi connectivity index (χ4v) is 1.79. The van der Waals surface area contributed by atoms with Crippen LogP contribution in [0.1, 0.15) is 26.5 Å². The van der Waals surface area contributed by atoms with Crippen molar-refractivity contribution in [3.05, 3.63) is 22.4 Å². The summed E-state index contributed by atoms with van der Waals surface area (Å²) >= 11 is 3.45. The Balaban J connectivity index is 3.13. The van der Waals surface area contributed by atoms with Gasteiger partial charge in [0.25, 0.3) is 0 Å². The molecule has 11 heavy (non-hydrogen) atoms. The highest BCUT2D eigenvalue weighted by atomic mass is 79.9. The molecule has 0 atom stereocenters. The minimum Gasteiger partial charge on any atom is -0.353 e. The van der Waals surface area contributed by atoms with E-state index in [1.807, 2.05) is 0 Å². The van der Waals surface area contributed by atoms with Crippen LogP contribution in [0, 0.1) is 0 Å². The Kier molecular flexibility index (Phi) is 2.15. The van der Waals surface area contributed by atoms with E-state index in [1.54, 1.807) is 0 Å².